The molecule has 0 unspecified atom stereocenters. The van der Waals surface area contributed by atoms with Gasteiger partial charge in [0.1, 0.15) is 0 Å². The normalized spacial score (nSPS) is 25.6. The number of hydrogen-bond donors (Lipinski definition) is 6. The lowest BCUT2D eigenvalue weighted by Crippen LogP contribution is -2.56. The summed E-state index contributed by atoms with van der Waals surface area (Å²) in [6.07, 6.45) is 0. The Morgan fingerprint density at radius 2 is 0.654 bits per heavy atom. The molecule has 0 fully saturated rings. The van der Waals surface area contributed by atoms with Crippen LogP contribution in [0, 0.1) is 0 Å². The van der Waals surface area contributed by atoms with Crippen molar-refractivity contribution < 1.29 is 59.4 Å². The molecule has 14 heteroatoms. The van der Waals surface area contributed by atoms with Crippen molar-refractivity contribution in [1.82, 2.24) is 0 Å². The third-order valence-electron chi connectivity index (χ3n) is 3.32. The third-order valence-corrected chi connectivity index (χ3v) is 4.40. The van der Waals surface area contributed by atoms with Gasteiger partial charge in [-0.05, 0) is 0 Å². The molecule has 0 aliphatic heterocycles. The van der Waals surface area contributed by atoms with E-state index in [2.05, 4.69) is 0 Å². The Hall–Kier alpha value is -3.12. The summed E-state index contributed by atoms with van der Waals surface area (Å²) in [6, 6.07) is 0. The number of alkyl halides is 2. The van der Waals surface area contributed by atoms with E-state index in [1.807, 2.05) is 0 Å². The fourth-order valence-electron chi connectivity index (χ4n) is 2.38. The van der Waals surface area contributed by atoms with Gasteiger partial charge >= 0.3 is 35.8 Å². The van der Waals surface area contributed by atoms with Crippen molar-refractivity contribution in [2.45, 2.75) is 9.75 Å². The van der Waals surface area contributed by atoms with Gasteiger partial charge in [0.25, 0.3) is 0 Å². The molecule has 0 saturated heterocycles. The standard InChI is InChI=1S/C12H6Cl2O12/c13-11(9(23)24)1(5(15)16)2(6(17)18)12(14,10(25)26)4(8(21)22)3(11)7(19)20/h(H,15,16)(H,17,18)(H,19,20)(H,21,22)(H,23,24)(H,25,26). The van der Waals surface area contributed by atoms with Gasteiger partial charge in [0, 0.05) is 0 Å². The van der Waals surface area contributed by atoms with Crippen LogP contribution in [0.25, 0.3) is 0 Å². The minimum Gasteiger partial charge on any atom is -0.479 e. The first kappa shape index (κ1) is 20.9. The smallest absolute Gasteiger partial charge is 0.335 e. The molecule has 140 valence electrons. The first-order chi connectivity index (χ1) is 11.7. The minimum atomic E-state index is -3.76. The predicted octanol–water partition coefficient (Wildman–Crippen LogP) is -0.944. The van der Waals surface area contributed by atoms with Crippen LogP contribution in [0.3, 0.4) is 0 Å². The van der Waals surface area contributed by atoms with Crippen LogP contribution in [0.4, 0.5) is 0 Å². The fourth-order valence-corrected chi connectivity index (χ4v) is 3.09. The van der Waals surface area contributed by atoms with Gasteiger partial charge in [-0.15, -0.1) is 0 Å². The Balaban J connectivity index is 4.46. The minimum absolute atomic E-state index is 1.93. The summed E-state index contributed by atoms with van der Waals surface area (Å²) in [5.41, 5.74) is -7.73. The highest BCUT2D eigenvalue weighted by molar-refractivity contribution is 6.50. The van der Waals surface area contributed by atoms with Crippen molar-refractivity contribution in [1.29, 1.82) is 0 Å². The number of hydrogen-bond acceptors (Lipinski definition) is 6. The Morgan fingerprint density at radius 3 is 0.731 bits per heavy atom. The molecule has 0 aromatic carbocycles. The lowest BCUT2D eigenvalue weighted by atomic mass is 9.70. The van der Waals surface area contributed by atoms with E-state index in [-0.39, 0.29) is 0 Å². The van der Waals surface area contributed by atoms with Crippen molar-refractivity contribution in [3.8, 4) is 0 Å². The average molecular weight is 413 g/mol. The van der Waals surface area contributed by atoms with E-state index in [9.17, 15) is 59.4 Å². The lowest BCUT2D eigenvalue weighted by Gasteiger charge is -2.37. The van der Waals surface area contributed by atoms with E-state index >= 15 is 0 Å². The molecular weight excluding hydrogens is 407 g/mol. The van der Waals surface area contributed by atoms with E-state index in [0.717, 1.165) is 0 Å². The van der Waals surface area contributed by atoms with Crippen molar-refractivity contribution in [3.63, 3.8) is 0 Å². The summed E-state index contributed by atoms with van der Waals surface area (Å²) in [4.78, 5) is 61.4. The van der Waals surface area contributed by atoms with E-state index < -0.39 is 67.9 Å². The van der Waals surface area contributed by atoms with Gasteiger partial charge in [0.05, 0.1) is 22.3 Å². The molecule has 0 radical (unpaired) electrons. The number of aliphatic carboxylic acids is 6. The number of rotatable bonds is 6. The molecule has 0 atom stereocenters. The van der Waals surface area contributed by atoms with Crippen LogP contribution in [-0.2, 0) is 28.8 Å². The van der Waals surface area contributed by atoms with Crippen molar-refractivity contribution >= 4 is 59.0 Å². The maximum absolute atomic E-state index is 11.5. The Bertz CT molecular complexity index is 730. The van der Waals surface area contributed by atoms with Gasteiger partial charge in [-0.3, -0.25) is 0 Å². The molecule has 6 N–H and O–H groups in total. The lowest BCUT2D eigenvalue weighted by molar-refractivity contribution is -0.147. The average Bonchev–Trinajstić information content (AvgIpc) is 2.46. The summed E-state index contributed by atoms with van der Waals surface area (Å²) in [5, 5.41) is 55.3. The first-order valence-electron chi connectivity index (χ1n) is 5.94. The second kappa shape index (κ2) is 6.31. The van der Waals surface area contributed by atoms with Crippen molar-refractivity contribution in [2.75, 3.05) is 0 Å². The molecule has 26 heavy (non-hydrogen) atoms. The molecule has 0 aromatic heterocycles. The Kier molecular flexibility index (Phi) is 5.08. The zero-order chi connectivity index (χ0) is 20.8. The van der Waals surface area contributed by atoms with Crippen LogP contribution in [0.15, 0.2) is 22.3 Å². The zero-order valence-electron chi connectivity index (χ0n) is 11.9. The molecule has 1 aliphatic carbocycles. The summed E-state index contributed by atoms with van der Waals surface area (Å²) in [7, 11) is 0. The maximum Gasteiger partial charge on any atom is 0.335 e. The summed E-state index contributed by atoms with van der Waals surface area (Å²) in [6.45, 7) is 0. The van der Waals surface area contributed by atoms with Crippen molar-refractivity contribution in [2.24, 2.45) is 0 Å². The van der Waals surface area contributed by atoms with Crippen LogP contribution in [0.2, 0.25) is 0 Å². The summed E-state index contributed by atoms with van der Waals surface area (Å²) >= 11 is 11.2. The molecule has 0 amide bonds. The maximum atomic E-state index is 11.5. The highest BCUT2D eigenvalue weighted by Crippen LogP contribution is 2.51. The molecule has 12 nitrogen and oxygen atoms in total. The largest absolute Gasteiger partial charge is 0.479 e. The first-order valence-corrected chi connectivity index (χ1v) is 6.70. The van der Waals surface area contributed by atoms with E-state index in [4.69, 9.17) is 23.2 Å². The number of carboxylic acids is 6. The van der Waals surface area contributed by atoms with Crippen LogP contribution in [-0.4, -0.2) is 76.2 Å². The molecule has 0 spiro atoms. The van der Waals surface area contributed by atoms with Crippen LogP contribution in [0.5, 0.6) is 0 Å². The highest BCUT2D eigenvalue weighted by Gasteiger charge is 2.66. The highest BCUT2D eigenvalue weighted by atomic mass is 35.5. The Morgan fingerprint density at radius 1 is 0.500 bits per heavy atom. The molecule has 0 saturated carbocycles. The second-order valence-electron chi connectivity index (χ2n) is 4.65. The molecule has 1 rings (SSSR count). The monoisotopic (exact) mass is 412 g/mol. The number of halogens is 2. The van der Waals surface area contributed by atoms with Crippen LogP contribution < -0.4 is 0 Å². The molecular formula is C12H6Cl2O12. The second-order valence-corrected chi connectivity index (χ2v) is 5.78. The van der Waals surface area contributed by atoms with Gasteiger partial charge < -0.3 is 30.6 Å². The number of carbonyl (C=O) groups is 6. The van der Waals surface area contributed by atoms with Gasteiger partial charge in [-0.2, -0.15) is 0 Å². The van der Waals surface area contributed by atoms with E-state index in [0.29, 0.717) is 0 Å². The van der Waals surface area contributed by atoms with Gasteiger partial charge in [0.2, 0.25) is 9.75 Å². The molecule has 0 bridgehead atoms. The van der Waals surface area contributed by atoms with Gasteiger partial charge in [0.15, 0.2) is 0 Å². The van der Waals surface area contributed by atoms with E-state index in [1.165, 1.54) is 0 Å². The SMILES string of the molecule is O=C(O)C1=C(C(=O)O)C(Cl)(C(=O)O)C(C(=O)O)=C(C(=O)O)C1(Cl)C(=O)O. The molecule has 0 aromatic rings. The topological polar surface area (TPSA) is 224 Å². The van der Waals surface area contributed by atoms with Crippen molar-refractivity contribution in [3.05, 3.63) is 22.3 Å². The predicted molar refractivity (Wildman–Crippen MR) is 77.0 cm³/mol. The van der Waals surface area contributed by atoms with Gasteiger partial charge in [-0.25, -0.2) is 28.8 Å². The Labute approximate surface area is 151 Å². The zero-order valence-corrected chi connectivity index (χ0v) is 13.4. The number of carboxylic acid groups (broad SMARTS) is 6. The van der Waals surface area contributed by atoms with Gasteiger partial charge in [-0.1, -0.05) is 23.2 Å². The quantitative estimate of drug-likeness (QED) is 0.290. The third kappa shape index (κ3) is 2.55. The molecule has 1 aliphatic rings. The van der Waals surface area contributed by atoms with Crippen LogP contribution in [0.1, 0.15) is 0 Å². The summed E-state index contributed by atoms with van der Waals surface area (Å²) < 4.78 is 0. The van der Waals surface area contributed by atoms with E-state index in [1.54, 1.807) is 0 Å². The summed E-state index contributed by atoms with van der Waals surface area (Å²) in [5.74, 6) is -14.7. The fraction of sp³-hybridized carbons (Fsp3) is 0.167. The van der Waals surface area contributed by atoms with Crippen LogP contribution >= 0.6 is 23.2 Å². The molecule has 0 heterocycles.